The van der Waals surface area contributed by atoms with Crippen molar-refractivity contribution in [3.63, 3.8) is 0 Å². The summed E-state index contributed by atoms with van der Waals surface area (Å²) in [4.78, 5) is 25.2. The van der Waals surface area contributed by atoms with E-state index in [4.69, 9.17) is 25.0 Å². The Morgan fingerprint density at radius 3 is 2.33 bits per heavy atom. The van der Waals surface area contributed by atoms with E-state index < -0.39 is 5.60 Å². The molecule has 0 saturated carbocycles. The third-order valence-corrected chi connectivity index (χ3v) is 6.67. The van der Waals surface area contributed by atoms with Gasteiger partial charge in [-0.05, 0) is 44.9 Å². The zero-order valence-corrected chi connectivity index (χ0v) is 24.5. The number of nitrogen functional groups attached to an aromatic ring is 1. The molecule has 3 heterocycles. The van der Waals surface area contributed by atoms with Gasteiger partial charge in [0.15, 0.2) is 11.3 Å². The van der Waals surface area contributed by atoms with Gasteiger partial charge in [0.05, 0.1) is 32.5 Å². The molecule has 12 nitrogen and oxygen atoms in total. The minimum absolute atomic E-state index is 0.206. The molecule has 0 atom stereocenters. The van der Waals surface area contributed by atoms with Crippen LogP contribution >= 0.6 is 0 Å². The lowest BCUT2D eigenvalue weighted by Crippen LogP contribution is -2.49. The van der Waals surface area contributed by atoms with Crippen LogP contribution < -0.4 is 20.5 Å². The van der Waals surface area contributed by atoms with Crippen LogP contribution in [-0.2, 0) is 17.8 Å². The Labute approximate surface area is 235 Å². The summed E-state index contributed by atoms with van der Waals surface area (Å²) in [5.41, 5.74) is 8.74. The molecule has 1 amide bonds. The van der Waals surface area contributed by atoms with E-state index in [0.717, 1.165) is 43.6 Å². The summed E-state index contributed by atoms with van der Waals surface area (Å²) in [6, 6.07) is 4.08. The van der Waals surface area contributed by atoms with Crippen LogP contribution in [-0.4, -0.2) is 88.2 Å². The van der Waals surface area contributed by atoms with E-state index in [1.807, 2.05) is 39.1 Å². The number of hydrogen-bond donors (Lipinski definition) is 2. The number of aromatic nitrogens is 4. The topological polar surface area (TPSA) is 133 Å². The van der Waals surface area contributed by atoms with Crippen molar-refractivity contribution < 1.29 is 19.0 Å². The number of benzene rings is 1. The number of fused-ring (bicyclic) bond motifs is 1. The Kier molecular flexibility index (Phi) is 9.18. The summed E-state index contributed by atoms with van der Waals surface area (Å²) in [7, 11) is 3.31. The van der Waals surface area contributed by atoms with Crippen molar-refractivity contribution in [3.8, 4) is 11.5 Å². The van der Waals surface area contributed by atoms with Crippen molar-refractivity contribution in [1.82, 2.24) is 29.5 Å². The first kappa shape index (κ1) is 29.2. The number of nitrogens with two attached hydrogens (primary N) is 1. The van der Waals surface area contributed by atoms with Gasteiger partial charge in [-0.2, -0.15) is 10.1 Å². The summed E-state index contributed by atoms with van der Waals surface area (Å²) in [5, 5.41) is 8.08. The van der Waals surface area contributed by atoms with E-state index in [1.54, 1.807) is 23.8 Å². The highest BCUT2D eigenvalue weighted by Gasteiger charge is 2.26. The van der Waals surface area contributed by atoms with E-state index in [9.17, 15) is 4.79 Å². The van der Waals surface area contributed by atoms with Gasteiger partial charge < -0.3 is 30.2 Å². The fourth-order valence-corrected chi connectivity index (χ4v) is 4.69. The van der Waals surface area contributed by atoms with Gasteiger partial charge in [-0.1, -0.05) is 13.3 Å². The van der Waals surface area contributed by atoms with Gasteiger partial charge in [-0.25, -0.2) is 9.78 Å². The number of carbonyl (C=O) groups excluding carboxylic acids is 1. The van der Waals surface area contributed by atoms with E-state index in [2.05, 4.69) is 27.1 Å². The van der Waals surface area contributed by atoms with Gasteiger partial charge in [0.1, 0.15) is 22.6 Å². The molecule has 218 valence electrons. The number of nitrogens with zero attached hydrogens (tertiary/aromatic N) is 6. The largest absolute Gasteiger partial charge is 0.496 e. The lowest BCUT2D eigenvalue weighted by Gasteiger charge is -2.35. The maximum absolute atomic E-state index is 12.4. The third kappa shape index (κ3) is 7.23. The highest BCUT2D eigenvalue weighted by atomic mass is 16.6. The molecule has 2 aromatic heterocycles. The van der Waals surface area contributed by atoms with Gasteiger partial charge in [-0.15, -0.1) is 0 Å². The molecule has 1 fully saturated rings. The highest BCUT2D eigenvalue weighted by Crippen LogP contribution is 2.33. The molecule has 40 heavy (non-hydrogen) atoms. The molecular formula is C28H42N8O4. The van der Waals surface area contributed by atoms with Gasteiger partial charge in [0, 0.05) is 39.3 Å². The predicted molar refractivity (Wildman–Crippen MR) is 155 cm³/mol. The third-order valence-electron chi connectivity index (χ3n) is 6.67. The smallest absolute Gasteiger partial charge is 0.410 e. The Morgan fingerprint density at radius 2 is 1.73 bits per heavy atom. The number of hydrogen-bond acceptors (Lipinski definition) is 10. The van der Waals surface area contributed by atoms with Crippen molar-refractivity contribution in [3.05, 3.63) is 29.5 Å². The molecule has 4 rings (SSSR count). The molecule has 0 unspecified atom stereocenters. The number of piperazine rings is 1. The average Bonchev–Trinajstić information content (AvgIpc) is 3.31. The van der Waals surface area contributed by atoms with Gasteiger partial charge >= 0.3 is 6.09 Å². The van der Waals surface area contributed by atoms with Crippen LogP contribution in [0.5, 0.6) is 11.5 Å². The Bertz CT molecular complexity index is 1290. The van der Waals surface area contributed by atoms with E-state index >= 15 is 0 Å². The Balaban J connectivity index is 1.48. The van der Waals surface area contributed by atoms with Crippen LogP contribution in [0, 0.1) is 0 Å². The van der Waals surface area contributed by atoms with Gasteiger partial charge in [-0.3, -0.25) is 9.58 Å². The molecular weight excluding hydrogens is 512 g/mol. The lowest BCUT2D eigenvalue weighted by molar-refractivity contribution is 0.0139. The number of carbonyl (C=O) groups is 1. The molecule has 0 aliphatic carbocycles. The summed E-state index contributed by atoms with van der Waals surface area (Å²) in [6.07, 6.45) is 3.69. The van der Waals surface area contributed by atoms with Crippen molar-refractivity contribution in [1.29, 1.82) is 0 Å². The zero-order valence-electron chi connectivity index (χ0n) is 24.5. The second-order valence-electron chi connectivity index (χ2n) is 11.0. The Hall–Kier alpha value is -3.80. The van der Waals surface area contributed by atoms with Crippen molar-refractivity contribution in [2.75, 3.05) is 58.0 Å². The minimum atomic E-state index is -0.499. The van der Waals surface area contributed by atoms with Crippen LogP contribution in [0.4, 0.5) is 16.6 Å². The van der Waals surface area contributed by atoms with Crippen molar-refractivity contribution >= 4 is 28.9 Å². The first-order valence-electron chi connectivity index (χ1n) is 13.8. The average molecular weight is 555 g/mol. The summed E-state index contributed by atoms with van der Waals surface area (Å²) >= 11 is 0. The second kappa shape index (κ2) is 12.6. The van der Waals surface area contributed by atoms with Crippen LogP contribution in [0.1, 0.15) is 51.7 Å². The fourth-order valence-electron chi connectivity index (χ4n) is 4.69. The minimum Gasteiger partial charge on any atom is -0.496 e. The van der Waals surface area contributed by atoms with Crippen LogP contribution in [0.2, 0.25) is 0 Å². The molecule has 12 heteroatoms. The number of anilines is 2. The zero-order chi connectivity index (χ0) is 28.9. The van der Waals surface area contributed by atoms with Gasteiger partial charge in [0.2, 0.25) is 5.95 Å². The number of amides is 1. The number of rotatable bonds is 10. The van der Waals surface area contributed by atoms with Crippen LogP contribution in [0.25, 0.3) is 11.0 Å². The molecule has 1 saturated heterocycles. The number of methoxy groups -OCH3 is 2. The van der Waals surface area contributed by atoms with Crippen LogP contribution in [0.15, 0.2) is 18.3 Å². The van der Waals surface area contributed by atoms with Gasteiger partial charge in [0.25, 0.3) is 0 Å². The highest BCUT2D eigenvalue weighted by molar-refractivity contribution is 5.85. The van der Waals surface area contributed by atoms with E-state index in [0.29, 0.717) is 54.5 Å². The number of unbranched alkanes of at least 4 members (excludes halogenated alkanes) is 1. The summed E-state index contributed by atoms with van der Waals surface area (Å²) < 4.78 is 18.9. The maximum Gasteiger partial charge on any atom is 0.410 e. The first-order chi connectivity index (χ1) is 19.1. The molecule has 1 aliphatic rings. The quantitative estimate of drug-likeness (QED) is 0.357. The SMILES string of the molecule is CCCCNc1nc(N)nc2cn(Cc3c(OC)cc(CN4CCN(C(=O)OC(C)(C)C)CC4)cc3OC)nc12. The van der Waals surface area contributed by atoms with E-state index in [-0.39, 0.29) is 12.0 Å². The molecule has 1 aromatic carbocycles. The van der Waals surface area contributed by atoms with Crippen LogP contribution in [0.3, 0.4) is 0 Å². The molecule has 3 aromatic rings. The number of ether oxygens (including phenoxy) is 3. The standard InChI is InChI=1S/C28H42N8O4/c1-7-8-9-30-25-24-21(31-26(29)32-25)18-36(33-24)17-20-22(38-5)14-19(15-23(20)39-6)16-34-10-12-35(13-11-34)27(37)40-28(2,3)4/h14-15,18H,7-13,16-17H2,1-6H3,(H3,29,30,31,32). The lowest BCUT2D eigenvalue weighted by atomic mass is 10.1. The second-order valence-corrected chi connectivity index (χ2v) is 11.0. The molecule has 0 bridgehead atoms. The molecule has 1 aliphatic heterocycles. The maximum atomic E-state index is 12.4. The van der Waals surface area contributed by atoms with Crippen molar-refractivity contribution in [2.45, 2.75) is 59.2 Å². The normalized spacial score (nSPS) is 14.4. The predicted octanol–water partition coefficient (Wildman–Crippen LogP) is 3.74. The molecule has 0 radical (unpaired) electrons. The fraction of sp³-hybridized carbons (Fsp3) is 0.571. The molecule has 0 spiro atoms. The Morgan fingerprint density at radius 1 is 1.05 bits per heavy atom. The summed E-state index contributed by atoms with van der Waals surface area (Å²) in [6.45, 7) is 12.5. The number of nitrogens with one attached hydrogen (secondary N) is 1. The van der Waals surface area contributed by atoms with E-state index in [1.165, 1.54) is 0 Å². The molecule has 3 N–H and O–H groups in total. The van der Waals surface area contributed by atoms with Crippen molar-refractivity contribution in [2.24, 2.45) is 0 Å². The first-order valence-corrected chi connectivity index (χ1v) is 13.8. The summed E-state index contributed by atoms with van der Waals surface area (Å²) in [5.74, 6) is 2.27. The monoisotopic (exact) mass is 554 g/mol.